The summed E-state index contributed by atoms with van der Waals surface area (Å²) in [6.07, 6.45) is 3.11. The molecule has 0 aliphatic carbocycles. The highest BCUT2D eigenvalue weighted by molar-refractivity contribution is 6.30. The van der Waals surface area contributed by atoms with Gasteiger partial charge >= 0.3 is 0 Å². The Morgan fingerprint density at radius 3 is 2.76 bits per heavy atom. The highest BCUT2D eigenvalue weighted by atomic mass is 35.5. The van der Waals surface area contributed by atoms with E-state index >= 15 is 0 Å². The zero-order chi connectivity index (χ0) is 12.3. The van der Waals surface area contributed by atoms with Crippen molar-refractivity contribution >= 4 is 23.2 Å². The topological polar surface area (TPSA) is 54.9 Å². The number of pyridine rings is 2. The molecular formula is C12H10ClN3O. The van der Waals surface area contributed by atoms with Crippen LogP contribution < -0.4 is 5.32 Å². The number of anilines is 1. The van der Waals surface area contributed by atoms with Crippen LogP contribution >= 0.6 is 11.6 Å². The monoisotopic (exact) mass is 247 g/mol. The number of carbonyl (C=O) groups excluding carboxylic acids is 1. The normalized spacial score (nSPS) is 10.0. The third-order valence-corrected chi connectivity index (χ3v) is 2.44. The minimum atomic E-state index is -0.280. The second kappa shape index (κ2) is 4.93. The number of rotatable bonds is 2. The van der Waals surface area contributed by atoms with Gasteiger partial charge in [0.2, 0.25) is 0 Å². The Balaban J connectivity index is 2.17. The molecule has 0 aromatic carbocycles. The molecule has 0 saturated heterocycles. The van der Waals surface area contributed by atoms with Gasteiger partial charge in [0.15, 0.2) is 0 Å². The molecule has 17 heavy (non-hydrogen) atoms. The number of hydrogen-bond donors (Lipinski definition) is 1. The fraction of sp³-hybridized carbons (Fsp3) is 0.0833. The fourth-order valence-electron chi connectivity index (χ4n) is 1.31. The highest BCUT2D eigenvalue weighted by Crippen LogP contribution is 2.12. The Morgan fingerprint density at radius 1 is 1.29 bits per heavy atom. The summed E-state index contributed by atoms with van der Waals surface area (Å²) in [5.41, 5.74) is 1.75. The molecule has 0 unspecified atom stereocenters. The molecule has 86 valence electrons. The summed E-state index contributed by atoms with van der Waals surface area (Å²) < 4.78 is 0. The number of halogens is 1. The molecule has 2 rings (SSSR count). The molecule has 0 aliphatic heterocycles. The van der Waals surface area contributed by atoms with E-state index in [1.165, 1.54) is 6.20 Å². The predicted molar refractivity (Wildman–Crippen MR) is 66.2 cm³/mol. The molecule has 2 aromatic rings. The number of hydrogen-bond acceptors (Lipinski definition) is 3. The van der Waals surface area contributed by atoms with E-state index in [1.54, 1.807) is 30.5 Å². The highest BCUT2D eigenvalue weighted by Gasteiger charge is 2.08. The Kier molecular flexibility index (Phi) is 3.35. The van der Waals surface area contributed by atoms with Crippen LogP contribution in [0.3, 0.4) is 0 Å². The van der Waals surface area contributed by atoms with Crippen molar-refractivity contribution < 1.29 is 4.79 Å². The summed E-state index contributed by atoms with van der Waals surface area (Å²) in [6, 6.07) is 6.75. The van der Waals surface area contributed by atoms with Crippen LogP contribution in [0.1, 0.15) is 16.2 Å². The maximum absolute atomic E-state index is 11.8. The van der Waals surface area contributed by atoms with Crippen molar-refractivity contribution in [2.24, 2.45) is 0 Å². The van der Waals surface area contributed by atoms with Crippen LogP contribution in [0.15, 0.2) is 36.7 Å². The lowest BCUT2D eigenvalue weighted by molar-refractivity contribution is 0.102. The average molecular weight is 248 g/mol. The molecular weight excluding hydrogens is 238 g/mol. The van der Waals surface area contributed by atoms with Gasteiger partial charge in [-0.3, -0.25) is 9.78 Å². The first kappa shape index (κ1) is 11.5. The number of aryl methyl sites for hydroxylation is 1. The van der Waals surface area contributed by atoms with Crippen molar-refractivity contribution in [3.63, 3.8) is 0 Å². The van der Waals surface area contributed by atoms with Crippen molar-refractivity contribution in [2.75, 3.05) is 5.32 Å². The van der Waals surface area contributed by atoms with Gasteiger partial charge in [0.1, 0.15) is 5.69 Å². The summed E-state index contributed by atoms with van der Waals surface area (Å²) in [6.45, 7) is 1.82. The average Bonchev–Trinajstić information content (AvgIpc) is 2.33. The molecule has 0 radical (unpaired) electrons. The largest absolute Gasteiger partial charge is 0.319 e. The molecule has 0 atom stereocenters. The molecule has 0 fully saturated rings. The molecule has 5 heteroatoms. The molecule has 4 nitrogen and oxygen atoms in total. The standard InChI is InChI=1S/C12H10ClN3O/c1-8-10(3-2-6-14-8)16-12(17)11-5-4-9(13)7-15-11/h2-7H,1H3,(H,16,17). The minimum Gasteiger partial charge on any atom is -0.319 e. The quantitative estimate of drug-likeness (QED) is 0.888. The Bertz CT molecular complexity index is 540. The summed E-state index contributed by atoms with van der Waals surface area (Å²) in [5, 5.41) is 3.24. The van der Waals surface area contributed by atoms with Crippen LogP contribution in [-0.4, -0.2) is 15.9 Å². The SMILES string of the molecule is Cc1ncccc1NC(=O)c1ccc(Cl)cn1. The summed E-state index contributed by atoms with van der Waals surface area (Å²) in [5.74, 6) is -0.280. The predicted octanol–water partition coefficient (Wildman–Crippen LogP) is 2.69. The number of amides is 1. The Labute approximate surface area is 104 Å². The van der Waals surface area contributed by atoms with Gasteiger partial charge in [-0.1, -0.05) is 11.6 Å². The van der Waals surface area contributed by atoms with Gasteiger partial charge in [0.25, 0.3) is 5.91 Å². The van der Waals surface area contributed by atoms with E-state index in [0.717, 1.165) is 5.69 Å². The third-order valence-electron chi connectivity index (χ3n) is 2.22. The number of aromatic nitrogens is 2. The third kappa shape index (κ3) is 2.79. The van der Waals surface area contributed by atoms with Gasteiger partial charge in [-0.2, -0.15) is 0 Å². The van der Waals surface area contributed by atoms with Crippen molar-refractivity contribution in [3.8, 4) is 0 Å². The Morgan fingerprint density at radius 2 is 2.12 bits per heavy atom. The first-order chi connectivity index (χ1) is 8.16. The van der Waals surface area contributed by atoms with Crippen molar-refractivity contribution in [1.82, 2.24) is 9.97 Å². The lowest BCUT2D eigenvalue weighted by Gasteiger charge is -2.06. The molecule has 2 aromatic heterocycles. The van der Waals surface area contributed by atoms with E-state index in [1.807, 2.05) is 6.92 Å². The minimum absolute atomic E-state index is 0.280. The molecule has 0 bridgehead atoms. The van der Waals surface area contributed by atoms with E-state index in [2.05, 4.69) is 15.3 Å². The van der Waals surface area contributed by atoms with Gasteiger partial charge in [0.05, 0.1) is 16.4 Å². The van der Waals surface area contributed by atoms with E-state index in [9.17, 15) is 4.79 Å². The smallest absolute Gasteiger partial charge is 0.274 e. The molecule has 0 saturated carbocycles. The number of nitrogens with one attached hydrogen (secondary N) is 1. The zero-order valence-electron chi connectivity index (χ0n) is 9.14. The van der Waals surface area contributed by atoms with Gasteiger partial charge < -0.3 is 5.32 Å². The van der Waals surface area contributed by atoms with Crippen LogP contribution in [0, 0.1) is 6.92 Å². The van der Waals surface area contributed by atoms with Crippen LogP contribution in [-0.2, 0) is 0 Å². The van der Waals surface area contributed by atoms with Crippen LogP contribution in [0.2, 0.25) is 5.02 Å². The molecule has 0 aliphatic rings. The van der Waals surface area contributed by atoms with E-state index in [0.29, 0.717) is 16.4 Å². The first-order valence-electron chi connectivity index (χ1n) is 5.01. The lowest BCUT2D eigenvalue weighted by Crippen LogP contribution is -2.14. The lowest BCUT2D eigenvalue weighted by atomic mass is 10.3. The molecule has 1 amide bonds. The summed E-state index contributed by atoms with van der Waals surface area (Å²) in [4.78, 5) is 19.9. The maximum Gasteiger partial charge on any atom is 0.274 e. The van der Waals surface area contributed by atoms with Crippen molar-refractivity contribution in [3.05, 3.63) is 53.1 Å². The van der Waals surface area contributed by atoms with Crippen LogP contribution in [0.4, 0.5) is 5.69 Å². The molecule has 2 heterocycles. The van der Waals surface area contributed by atoms with Crippen molar-refractivity contribution in [2.45, 2.75) is 6.92 Å². The zero-order valence-corrected chi connectivity index (χ0v) is 9.90. The summed E-state index contributed by atoms with van der Waals surface area (Å²) >= 11 is 5.70. The van der Waals surface area contributed by atoms with E-state index in [-0.39, 0.29) is 5.91 Å². The van der Waals surface area contributed by atoms with Crippen molar-refractivity contribution in [1.29, 1.82) is 0 Å². The number of carbonyl (C=O) groups is 1. The van der Waals surface area contributed by atoms with E-state index in [4.69, 9.17) is 11.6 Å². The number of nitrogens with zero attached hydrogens (tertiary/aromatic N) is 2. The van der Waals surface area contributed by atoms with Gasteiger partial charge in [0, 0.05) is 12.4 Å². The molecule has 0 spiro atoms. The van der Waals surface area contributed by atoms with Gasteiger partial charge in [-0.15, -0.1) is 0 Å². The van der Waals surface area contributed by atoms with Gasteiger partial charge in [-0.05, 0) is 31.2 Å². The van der Waals surface area contributed by atoms with E-state index < -0.39 is 0 Å². The molecule has 1 N–H and O–H groups in total. The first-order valence-corrected chi connectivity index (χ1v) is 5.39. The van der Waals surface area contributed by atoms with Crippen LogP contribution in [0.5, 0.6) is 0 Å². The van der Waals surface area contributed by atoms with Crippen LogP contribution in [0.25, 0.3) is 0 Å². The Hall–Kier alpha value is -1.94. The summed E-state index contributed by atoms with van der Waals surface area (Å²) in [7, 11) is 0. The second-order valence-corrected chi connectivity index (χ2v) is 3.89. The van der Waals surface area contributed by atoms with Gasteiger partial charge in [-0.25, -0.2) is 4.98 Å². The fourth-order valence-corrected chi connectivity index (χ4v) is 1.42. The second-order valence-electron chi connectivity index (χ2n) is 3.45. The maximum atomic E-state index is 11.8.